The standard InChI is InChI=1S/C16H13ClFN/c1-11-5-6-15-12(9-11)7-8-19(15)10-13-3-2-4-14(18)16(13)17/h2-9H,10H2,1H3. The minimum Gasteiger partial charge on any atom is -0.343 e. The van der Waals surface area contributed by atoms with Crippen LogP contribution in [0.1, 0.15) is 11.1 Å². The second kappa shape index (κ2) is 4.71. The van der Waals surface area contributed by atoms with Crippen molar-refractivity contribution in [1.29, 1.82) is 0 Å². The molecule has 0 spiro atoms. The second-order valence-electron chi connectivity index (χ2n) is 4.72. The van der Waals surface area contributed by atoms with E-state index in [0.717, 1.165) is 11.1 Å². The first-order valence-corrected chi connectivity index (χ1v) is 6.51. The van der Waals surface area contributed by atoms with Gasteiger partial charge in [0, 0.05) is 18.3 Å². The zero-order valence-corrected chi connectivity index (χ0v) is 11.3. The van der Waals surface area contributed by atoms with Crippen molar-refractivity contribution >= 4 is 22.5 Å². The molecule has 19 heavy (non-hydrogen) atoms. The van der Waals surface area contributed by atoms with Gasteiger partial charge < -0.3 is 4.57 Å². The van der Waals surface area contributed by atoms with Gasteiger partial charge in [-0.3, -0.25) is 0 Å². The summed E-state index contributed by atoms with van der Waals surface area (Å²) in [6.07, 6.45) is 2.01. The predicted molar refractivity (Wildman–Crippen MR) is 77.2 cm³/mol. The van der Waals surface area contributed by atoms with Crippen LogP contribution in [-0.2, 0) is 6.54 Å². The first kappa shape index (κ1) is 12.2. The van der Waals surface area contributed by atoms with Crippen LogP contribution >= 0.6 is 11.6 Å². The van der Waals surface area contributed by atoms with Gasteiger partial charge in [0.25, 0.3) is 0 Å². The first-order valence-electron chi connectivity index (χ1n) is 6.13. The fourth-order valence-electron chi connectivity index (χ4n) is 2.31. The average Bonchev–Trinajstić information content (AvgIpc) is 2.77. The Labute approximate surface area is 116 Å². The van der Waals surface area contributed by atoms with E-state index in [-0.39, 0.29) is 10.8 Å². The van der Waals surface area contributed by atoms with Gasteiger partial charge in [0.15, 0.2) is 0 Å². The molecular formula is C16H13ClFN. The van der Waals surface area contributed by atoms with Crippen molar-refractivity contribution in [3.8, 4) is 0 Å². The molecule has 0 atom stereocenters. The van der Waals surface area contributed by atoms with Crippen LogP contribution < -0.4 is 0 Å². The third kappa shape index (κ3) is 2.24. The highest BCUT2D eigenvalue weighted by Gasteiger charge is 2.08. The Morgan fingerprint density at radius 3 is 2.84 bits per heavy atom. The molecule has 0 saturated heterocycles. The Bertz CT molecular complexity index is 746. The summed E-state index contributed by atoms with van der Waals surface area (Å²) in [6.45, 7) is 2.64. The van der Waals surface area contributed by atoms with Crippen LogP contribution in [0.5, 0.6) is 0 Å². The van der Waals surface area contributed by atoms with Crippen molar-refractivity contribution in [2.45, 2.75) is 13.5 Å². The maximum atomic E-state index is 13.4. The fourth-order valence-corrected chi connectivity index (χ4v) is 2.50. The van der Waals surface area contributed by atoms with Gasteiger partial charge in [0.2, 0.25) is 0 Å². The van der Waals surface area contributed by atoms with E-state index in [9.17, 15) is 4.39 Å². The first-order chi connectivity index (χ1) is 9.15. The molecule has 0 N–H and O–H groups in total. The average molecular weight is 274 g/mol. The lowest BCUT2D eigenvalue weighted by Crippen LogP contribution is -1.99. The molecule has 0 bridgehead atoms. The van der Waals surface area contributed by atoms with Crippen molar-refractivity contribution in [3.63, 3.8) is 0 Å². The highest BCUT2D eigenvalue weighted by molar-refractivity contribution is 6.31. The zero-order valence-electron chi connectivity index (χ0n) is 10.5. The highest BCUT2D eigenvalue weighted by atomic mass is 35.5. The van der Waals surface area contributed by atoms with E-state index < -0.39 is 0 Å². The van der Waals surface area contributed by atoms with Crippen molar-refractivity contribution < 1.29 is 4.39 Å². The van der Waals surface area contributed by atoms with E-state index in [1.165, 1.54) is 17.0 Å². The summed E-state index contributed by atoms with van der Waals surface area (Å²) in [7, 11) is 0. The van der Waals surface area contributed by atoms with E-state index in [1.807, 2.05) is 12.3 Å². The molecule has 0 radical (unpaired) electrons. The number of aryl methyl sites for hydroxylation is 1. The summed E-state index contributed by atoms with van der Waals surface area (Å²) in [5.41, 5.74) is 3.15. The van der Waals surface area contributed by atoms with Gasteiger partial charge in [-0.2, -0.15) is 0 Å². The molecule has 96 valence electrons. The molecule has 0 aliphatic rings. The van der Waals surface area contributed by atoms with Crippen LogP contribution in [-0.4, -0.2) is 4.57 Å². The van der Waals surface area contributed by atoms with Crippen LogP contribution in [0.4, 0.5) is 4.39 Å². The van der Waals surface area contributed by atoms with Crippen LogP contribution in [0.2, 0.25) is 5.02 Å². The number of hydrogen-bond acceptors (Lipinski definition) is 0. The Hall–Kier alpha value is -1.80. The Kier molecular flexibility index (Phi) is 3.03. The topological polar surface area (TPSA) is 4.93 Å². The van der Waals surface area contributed by atoms with Crippen LogP contribution in [0, 0.1) is 12.7 Å². The van der Waals surface area contributed by atoms with Gasteiger partial charge in [-0.05, 0) is 42.1 Å². The van der Waals surface area contributed by atoms with E-state index in [4.69, 9.17) is 11.6 Å². The minimum atomic E-state index is -0.369. The molecule has 0 fully saturated rings. The summed E-state index contributed by atoms with van der Waals surface area (Å²) in [6, 6.07) is 13.3. The summed E-state index contributed by atoms with van der Waals surface area (Å²) in [5, 5.41) is 1.39. The number of nitrogens with zero attached hydrogens (tertiary/aromatic N) is 1. The van der Waals surface area contributed by atoms with E-state index in [1.54, 1.807) is 6.07 Å². The van der Waals surface area contributed by atoms with Crippen LogP contribution in [0.3, 0.4) is 0 Å². The maximum Gasteiger partial charge on any atom is 0.142 e. The van der Waals surface area contributed by atoms with Gasteiger partial charge in [-0.15, -0.1) is 0 Å². The molecule has 1 nitrogen and oxygen atoms in total. The van der Waals surface area contributed by atoms with Gasteiger partial charge in [-0.1, -0.05) is 35.4 Å². The number of benzene rings is 2. The Morgan fingerprint density at radius 2 is 2.00 bits per heavy atom. The fraction of sp³-hybridized carbons (Fsp3) is 0.125. The maximum absolute atomic E-state index is 13.4. The van der Waals surface area contributed by atoms with Crippen molar-refractivity contribution in [2.24, 2.45) is 0 Å². The van der Waals surface area contributed by atoms with E-state index in [0.29, 0.717) is 6.54 Å². The largest absolute Gasteiger partial charge is 0.343 e. The van der Waals surface area contributed by atoms with E-state index in [2.05, 4.69) is 35.8 Å². The van der Waals surface area contributed by atoms with Gasteiger partial charge in [0.1, 0.15) is 5.82 Å². The summed E-state index contributed by atoms with van der Waals surface area (Å²) in [5.74, 6) is -0.369. The van der Waals surface area contributed by atoms with Gasteiger partial charge in [-0.25, -0.2) is 4.39 Å². The lowest BCUT2D eigenvalue weighted by Gasteiger charge is -2.08. The third-order valence-electron chi connectivity index (χ3n) is 3.30. The zero-order chi connectivity index (χ0) is 13.4. The minimum absolute atomic E-state index is 0.205. The van der Waals surface area contributed by atoms with Crippen LogP contribution in [0.25, 0.3) is 10.9 Å². The molecule has 0 saturated carbocycles. The van der Waals surface area contributed by atoms with Crippen molar-refractivity contribution in [2.75, 3.05) is 0 Å². The molecule has 1 heterocycles. The Morgan fingerprint density at radius 1 is 1.16 bits per heavy atom. The number of halogens is 2. The molecule has 0 aliphatic carbocycles. The molecule has 2 aromatic carbocycles. The number of hydrogen-bond donors (Lipinski definition) is 0. The lowest BCUT2D eigenvalue weighted by atomic mass is 10.2. The molecule has 3 rings (SSSR count). The molecule has 3 aromatic rings. The Balaban J connectivity index is 2.04. The molecule has 1 aromatic heterocycles. The number of aromatic nitrogens is 1. The quantitative estimate of drug-likeness (QED) is 0.633. The monoisotopic (exact) mass is 273 g/mol. The molecule has 3 heteroatoms. The molecule has 0 aliphatic heterocycles. The predicted octanol–water partition coefficient (Wildman–Crippen LogP) is 4.79. The highest BCUT2D eigenvalue weighted by Crippen LogP contribution is 2.23. The summed E-state index contributed by atoms with van der Waals surface area (Å²) in [4.78, 5) is 0. The molecule has 0 amide bonds. The third-order valence-corrected chi connectivity index (χ3v) is 3.72. The van der Waals surface area contributed by atoms with Crippen LogP contribution in [0.15, 0.2) is 48.7 Å². The molecular weight excluding hydrogens is 261 g/mol. The van der Waals surface area contributed by atoms with E-state index >= 15 is 0 Å². The number of rotatable bonds is 2. The van der Waals surface area contributed by atoms with Crippen molar-refractivity contribution in [1.82, 2.24) is 4.57 Å². The normalized spacial score (nSPS) is 11.1. The SMILES string of the molecule is Cc1ccc2c(ccn2Cc2cccc(F)c2Cl)c1. The van der Waals surface area contributed by atoms with Gasteiger partial charge in [0.05, 0.1) is 5.02 Å². The van der Waals surface area contributed by atoms with Crippen molar-refractivity contribution in [3.05, 3.63) is 70.6 Å². The molecule has 0 unspecified atom stereocenters. The number of fused-ring (bicyclic) bond motifs is 1. The van der Waals surface area contributed by atoms with Gasteiger partial charge >= 0.3 is 0 Å². The lowest BCUT2D eigenvalue weighted by molar-refractivity contribution is 0.624. The second-order valence-corrected chi connectivity index (χ2v) is 5.10. The summed E-state index contributed by atoms with van der Waals surface area (Å²) >= 11 is 6.00. The smallest absolute Gasteiger partial charge is 0.142 e. The summed E-state index contributed by atoms with van der Waals surface area (Å²) < 4.78 is 15.5.